The third-order valence-electron chi connectivity index (χ3n) is 5.47. The molecule has 1 saturated carbocycles. The van der Waals surface area contributed by atoms with Crippen LogP contribution in [0.3, 0.4) is 0 Å². The molecule has 0 unspecified atom stereocenters. The largest absolute Gasteiger partial charge is 0.481 e. The number of benzene rings is 1. The molecule has 1 aromatic carbocycles. The fraction of sp³-hybridized carbons (Fsp3) is 0.571. The summed E-state index contributed by atoms with van der Waals surface area (Å²) in [7, 11) is 2.49. The Morgan fingerprint density at radius 1 is 1.00 bits per heavy atom. The molecule has 0 saturated heterocycles. The number of amides is 1. The normalized spacial score (nSPS) is 22.7. The number of nitrogens with one attached hydrogen (secondary N) is 1. The molecule has 0 aliphatic heterocycles. The quantitative estimate of drug-likeness (QED) is 0.750. The summed E-state index contributed by atoms with van der Waals surface area (Å²) in [6.45, 7) is 5.99. The topological polar surface area (TPSA) is 90.9 Å². The second-order valence-electron chi connectivity index (χ2n) is 7.37. The lowest BCUT2D eigenvalue weighted by Crippen LogP contribution is -2.48. The van der Waals surface area contributed by atoms with Crippen LogP contribution in [0.25, 0.3) is 0 Å². The summed E-state index contributed by atoms with van der Waals surface area (Å²) in [5.41, 5.74) is 0.283. The molecule has 0 heterocycles. The Morgan fingerprint density at radius 2 is 1.57 bits per heavy atom. The molecule has 7 nitrogen and oxygen atoms in total. The van der Waals surface area contributed by atoms with Gasteiger partial charge >= 0.3 is 11.9 Å². The van der Waals surface area contributed by atoms with Crippen molar-refractivity contribution in [2.45, 2.75) is 52.2 Å². The van der Waals surface area contributed by atoms with E-state index in [1.807, 2.05) is 0 Å². The Bertz CT molecular complexity index is 697. The van der Waals surface area contributed by atoms with Crippen LogP contribution in [-0.2, 0) is 14.3 Å². The van der Waals surface area contributed by atoms with Gasteiger partial charge in [-0.1, -0.05) is 26.7 Å². The smallest absolute Gasteiger partial charge is 0.338 e. The van der Waals surface area contributed by atoms with E-state index in [4.69, 9.17) is 14.2 Å². The third kappa shape index (κ3) is 5.24. The van der Waals surface area contributed by atoms with Gasteiger partial charge in [0.05, 0.1) is 25.3 Å². The SMILES string of the molecule is COC(=O)c1cc(O[C@H](C)C(=O)N[C@H]2CCC[C@H](C)[C@H]2C)cc(C(=O)OC)c1. The van der Waals surface area contributed by atoms with Gasteiger partial charge in [0.2, 0.25) is 0 Å². The van der Waals surface area contributed by atoms with Gasteiger partial charge in [0.15, 0.2) is 6.10 Å². The predicted octanol–water partition coefficient (Wildman–Crippen LogP) is 2.97. The van der Waals surface area contributed by atoms with Crippen molar-refractivity contribution in [3.63, 3.8) is 0 Å². The number of rotatable bonds is 6. The Labute approximate surface area is 165 Å². The minimum absolute atomic E-state index is 0.120. The monoisotopic (exact) mass is 391 g/mol. The molecule has 7 heteroatoms. The highest BCUT2D eigenvalue weighted by atomic mass is 16.5. The van der Waals surface area contributed by atoms with E-state index < -0.39 is 18.0 Å². The number of ether oxygens (including phenoxy) is 3. The Balaban J connectivity index is 2.13. The van der Waals surface area contributed by atoms with Crippen molar-refractivity contribution in [1.29, 1.82) is 0 Å². The lowest BCUT2D eigenvalue weighted by atomic mass is 9.78. The van der Waals surface area contributed by atoms with Crippen LogP contribution in [0.1, 0.15) is 60.7 Å². The van der Waals surface area contributed by atoms with E-state index in [0.29, 0.717) is 11.8 Å². The molecule has 0 spiro atoms. The number of hydrogen-bond acceptors (Lipinski definition) is 6. The zero-order valence-corrected chi connectivity index (χ0v) is 17.1. The molecular weight excluding hydrogens is 362 g/mol. The molecule has 1 aromatic rings. The first-order valence-corrected chi connectivity index (χ1v) is 9.55. The van der Waals surface area contributed by atoms with Gasteiger partial charge in [-0.3, -0.25) is 4.79 Å². The van der Waals surface area contributed by atoms with Crippen LogP contribution < -0.4 is 10.1 Å². The molecule has 0 aromatic heterocycles. The summed E-state index contributed by atoms with van der Waals surface area (Å²) >= 11 is 0. The lowest BCUT2D eigenvalue weighted by Gasteiger charge is -2.35. The Kier molecular flexibility index (Phi) is 7.43. The molecule has 2 rings (SSSR count). The highest BCUT2D eigenvalue weighted by Gasteiger charge is 2.29. The van der Waals surface area contributed by atoms with Crippen LogP contribution in [0, 0.1) is 11.8 Å². The highest BCUT2D eigenvalue weighted by Crippen LogP contribution is 2.29. The summed E-state index contributed by atoms with van der Waals surface area (Å²) in [4.78, 5) is 36.3. The van der Waals surface area contributed by atoms with Gasteiger partial charge in [-0.25, -0.2) is 9.59 Å². The standard InChI is InChI=1S/C21H29NO6/c1-12-7-6-8-18(13(12)2)22-19(23)14(3)28-17-10-15(20(24)26-4)9-16(11-17)21(25)27-5/h9-14,18H,6-8H2,1-5H3,(H,22,23)/t12-,13+,14+,18-/m0/s1. The van der Waals surface area contributed by atoms with Crippen LogP contribution in [0.5, 0.6) is 5.75 Å². The zero-order chi connectivity index (χ0) is 20.8. The van der Waals surface area contributed by atoms with Crippen LogP contribution in [0.15, 0.2) is 18.2 Å². The van der Waals surface area contributed by atoms with Crippen molar-refractivity contribution in [3.05, 3.63) is 29.3 Å². The second kappa shape index (κ2) is 9.57. The van der Waals surface area contributed by atoms with Crippen molar-refractivity contribution >= 4 is 17.8 Å². The van der Waals surface area contributed by atoms with Crippen molar-refractivity contribution in [1.82, 2.24) is 5.32 Å². The van der Waals surface area contributed by atoms with Crippen LogP contribution in [0.2, 0.25) is 0 Å². The highest BCUT2D eigenvalue weighted by molar-refractivity contribution is 5.96. The molecule has 0 bridgehead atoms. The molecule has 1 amide bonds. The second-order valence-corrected chi connectivity index (χ2v) is 7.37. The molecule has 0 radical (unpaired) electrons. The summed E-state index contributed by atoms with van der Waals surface area (Å²) < 4.78 is 15.1. The zero-order valence-electron chi connectivity index (χ0n) is 17.1. The molecular formula is C21H29NO6. The van der Waals surface area contributed by atoms with E-state index in [-0.39, 0.29) is 28.8 Å². The molecule has 154 valence electrons. The maximum atomic E-state index is 12.6. The van der Waals surface area contributed by atoms with Gasteiger partial charge in [-0.05, 0) is 43.4 Å². The van der Waals surface area contributed by atoms with Crippen molar-refractivity contribution in [3.8, 4) is 5.75 Å². The number of carbonyl (C=O) groups is 3. The molecule has 1 fully saturated rings. The van der Waals surface area contributed by atoms with E-state index in [2.05, 4.69) is 19.2 Å². The van der Waals surface area contributed by atoms with Gasteiger partial charge < -0.3 is 19.5 Å². The van der Waals surface area contributed by atoms with E-state index in [1.165, 1.54) is 38.8 Å². The van der Waals surface area contributed by atoms with Crippen LogP contribution in [0.4, 0.5) is 0 Å². The Morgan fingerprint density at radius 3 is 2.11 bits per heavy atom. The number of esters is 2. The number of carbonyl (C=O) groups excluding carboxylic acids is 3. The first-order valence-electron chi connectivity index (χ1n) is 9.55. The van der Waals surface area contributed by atoms with E-state index in [9.17, 15) is 14.4 Å². The molecule has 1 aliphatic rings. The maximum Gasteiger partial charge on any atom is 0.338 e. The molecule has 4 atom stereocenters. The molecule has 1 N–H and O–H groups in total. The molecule has 1 aliphatic carbocycles. The molecule has 28 heavy (non-hydrogen) atoms. The number of methoxy groups -OCH3 is 2. The van der Waals surface area contributed by atoms with E-state index in [0.717, 1.165) is 12.8 Å². The van der Waals surface area contributed by atoms with Crippen molar-refractivity contribution in [2.75, 3.05) is 14.2 Å². The van der Waals surface area contributed by atoms with Crippen molar-refractivity contribution < 1.29 is 28.6 Å². The minimum atomic E-state index is -0.789. The third-order valence-corrected chi connectivity index (χ3v) is 5.47. The first kappa shape index (κ1) is 21.7. The first-order chi connectivity index (χ1) is 13.3. The summed E-state index contributed by atoms with van der Waals surface area (Å²) in [6.07, 6.45) is 2.43. The Hall–Kier alpha value is -2.57. The minimum Gasteiger partial charge on any atom is -0.481 e. The summed E-state index contributed by atoms with van der Waals surface area (Å²) in [5.74, 6) is -0.270. The lowest BCUT2D eigenvalue weighted by molar-refractivity contribution is -0.128. The fourth-order valence-corrected chi connectivity index (χ4v) is 3.48. The summed E-state index contributed by atoms with van der Waals surface area (Å²) in [6, 6.07) is 4.36. The maximum absolute atomic E-state index is 12.6. The average molecular weight is 391 g/mol. The fourth-order valence-electron chi connectivity index (χ4n) is 3.48. The summed E-state index contributed by atoms with van der Waals surface area (Å²) in [5, 5.41) is 3.07. The van der Waals surface area contributed by atoms with Gasteiger partial charge in [-0.2, -0.15) is 0 Å². The van der Waals surface area contributed by atoms with Gasteiger partial charge in [0.25, 0.3) is 5.91 Å². The average Bonchev–Trinajstić information content (AvgIpc) is 2.69. The van der Waals surface area contributed by atoms with E-state index >= 15 is 0 Å². The van der Waals surface area contributed by atoms with Gasteiger partial charge in [-0.15, -0.1) is 0 Å². The van der Waals surface area contributed by atoms with Crippen LogP contribution >= 0.6 is 0 Å². The van der Waals surface area contributed by atoms with Gasteiger partial charge in [0.1, 0.15) is 5.75 Å². The van der Waals surface area contributed by atoms with E-state index in [1.54, 1.807) is 6.92 Å². The van der Waals surface area contributed by atoms with Crippen molar-refractivity contribution in [2.24, 2.45) is 11.8 Å². The predicted molar refractivity (Wildman–Crippen MR) is 103 cm³/mol. The van der Waals surface area contributed by atoms with Crippen LogP contribution in [-0.4, -0.2) is 44.2 Å². The van der Waals surface area contributed by atoms with Gasteiger partial charge in [0, 0.05) is 6.04 Å². The number of hydrogen-bond donors (Lipinski definition) is 1.